The van der Waals surface area contributed by atoms with Crippen LogP contribution in [-0.2, 0) is 9.59 Å². The third-order valence-corrected chi connectivity index (χ3v) is 3.90. The second kappa shape index (κ2) is 8.98. The van der Waals surface area contributed by atoms with Gasteiger partial charge >= 0.3 is 0 Å². The van der Waals surface area contributed by atoms with Crippen molar-refractivity contribution < 1.29 is 14.3 Å². The van der Waals surface area contributed by atoms with E-state index >= 15 is 0 Å². The maximum absolute atomic E-state index is 11.9. The second-order valence-electron chi connectivity index (χ2n) is 5.65. The Morgan fingerprint density at radius 2 is 1.83 bits per heavy atom. The minimum absolute atomic E-state index is 0.0270. The standard InChI is InChI=1S/C18H24N2O3/c1-2-23-16-11-8-14(9-12-16)10-13-17(21)19-20-18(22)15-6-4-3-5-7-15/h8-13,15H,2-7H2,1H3,(H,19,21)(H,20,22)/b13-10+. The van der Waals surface area contributed by atoms with Gasteiger partial charge in [0.2, 0.25) is 5.91 Å². The normalized spacial score (nSPS) is 15.3. The van der Waals surface area contributed by atoms with Crippen molar-refractivity contribution >= 4 is 17.9 Å². The van der Waals surface area contributed by atoms with E-state index in [0.717, 1.165) is 37.0 Å². The molecule has 1 aromatic rings. The molecule has 1 aromatic carbocycles. The van der Waals surface area contributed by atoms with Crippen LogP contribution in [0.2, 0.25) is 0 Å². The summed E-state index contributed by atoms with van der Waals surface area (Å²) in [5, 5.41) is 0. The van der Waals surface area contributed by atoms with Crippen molar-refractivity contribution in [3.8, 4) is 5.75 Å². The molecule has 0 atom stereocenters. The number of hydrogen-bond acceptors (Lipinski definition) is 3. The molecule has 5 heteroatoms. The Hall–Kier alpha value is -2.30. The van der Waals surface area contributed by atoms with Gasteiger partial charge in [-0.15, -0.1) is 0 Å². The van der Waals surface area contributed by atoms with E-state index in [1.54, 1.807) is 6.08 Å². The van der Waals surface area contributed by atoms with Gasteiger partial charge in [0.1, 0.15) is 5.75 Å². The fraction of sp³-hybridized carbons (Fsp3) is 0.444. The molecule has 23 heavy (non-hydrogen) atoms. The minimum Gasteiger partial charge on any atom is -0.494 e. The van der Waals surface area contributed by atoms with E-state index in [9.17, 15) is 9.59 Å². The van der Waals surface area contributed by atoms with Gasteiger partial charge in [0, 0.05) is 12.0 Å². The molecule has 0 aliphatic heterocycles. The zero-order chi connectivity index (χ0) is 16.5. The second-order valence-corrected chi connectivity index (χ2v) is 5.65. The molecule has 1 aliphatic carbocycles. The lowest BCUT2D eigenvalue weighted by atomic mass is 9.89. The lowest BCUT2D eigenvalue weighted by Crippen LogP contribution is -2.44. The van der Waals surface area contributed by atoms with Crippen molar-refractivity contribution in [1.82, 2.24) is 10.9 Å². The van der Waals surface area contributed by atoms with Gasteiger partial charge in [0.05, 0.1) is 6.61 Å². The van der Waals surface area contributed by atoms with Crippen LogP contribution in [0, 0.1) is 5.92 Å². The van der Waals surface area contributed by atoms with Crippen LogP contribution in [-0.4, -0.2) is 18.4 Å². The number of benzene rings is 1. The molecule has 0 saturated heterocycles. The zero-order valence-corrected chi connectivity index (χ0v) is 13.5. The molecule has 2 N–H and O–H groups in total. The quantitative estimate of drug-likeness (QED) is 0.648. The number of nitrogens with one attached hydrogen (secondary N) is 2. The van der Waals surface area contributed by atoms with Gasteiger partial charge in [0.25, 0.3) is 5.91 Å². The Labute approximate surface area is 137 Å². The van der Waals surface area contributed by atoms with Crippen LogP contribution in [0.5, 0.6) is 5.75 Å². The van der Waals surface area contributed by atoms with Crippen molar-refractivity contribution in [2.75, 3.05) is 6.61 Å². The maximum Gasteiger partial charge on any atom is 0.262 e. The smallest absolute Gasteiger partial charge is 0.262 e. The highest BCUT2D eigenvalue weighted by Gasteiger charge is 2.20. The van der Waals surface area contributed by atoms with Crippen LogP contribution in [0.3, 0.4) is 0 Å². The molecular formula is C18H24N2O3. The van der Waals surface area contributed by atoms with Gasteiger partial charge < -0.3 is 4.74 Å². The lowest BCUT2D eigenvalue weighted by molar-refractivity contribution is -0.130. The summed E-state index contributed by atoms with van der Waals surface area (Å²) in [5.41, 5.74) is 5.83. The van der Waals surface area contributed by atoms with Crippen LogP contribution in [0.25, 0.3) is 6.08 Å². The summed E-state index contributed by atoms with van der Waals surface area (Å²) in [6.07, 6.45) is 8.27. The summed E-state index contributed by atoms with van der Waals surface area (Å²) in [5.74, 6) is 0.392. The number of carbonyl (C=O) groups is 2. The molecule has 0 aromatic heterocycles. The molecule has 1 aliphatic rings. The number of amides is 2. The fourth-order valence-corrected chi connectivity index (χ4v) is 2.65. The Morgan fingerprint density at radius 1 is 1.13 bits per heavy atom. The summed E-state index contributed by atoms with van der Waals surface area (Å²) in [4.78, 5) is 23.6. The fourth-order valence-electron chi connectivity index (χ4n) is 2.65. The first-order valence-corrected chi connectivity index (χ1v) is 8.20. The van der Waals surface area contributed by atoms with Crippen LogP contribution in [0.1, 0.15) is 44.6 Å². The minimum atomic E-state index is -0.344. The molecule has 0 spiro atoms. The number of hydrogen-bond donors (Lipinski definition) is 2. The largest absolute Gasteiger partial charge is 0.494 e. The van der Waals surface area contributed by atoms with E-state index < -0.39 is 0 Å². The van der Waals surface area contributed by atoms with Gasteiger partial charge in [-0.3, -0.25) is 20.4 Å². The molecule has 1 fully saturated rings. The summed E-state index contributed by atoms with van der Waals surface area (Å²) in [6.45, 7) is 2.55. The van der Waals surface area contributed by atoms with E-state index in [4.69, 9.17) is 4.74 Å². The summed E-state index contributed by atoms with van der Waals surface area (Å²) < 4.78 is 5.36. The Morgan fingerprint density at radius 3 is 2.48 bits per heavy atom. The number of ether oxygens (including phenoxy) is 1. The topological polar surface area (TPSA) is 67.4 Å². The van der Waals surface area contributed by atoms with E-state index in [-0.39, 0.29) is 17.7 Å². The van der Waals surface area contributed by atoms with Crippen molar-refractivity contribution in [3.63, 3.8) is 0 Å². The Bertz CT molecular complexity index is 546. The predicted octanol–water partition coefficient (Wildman–Crippen LogP) is 2.83. The van der Waals surface area contributed by atoms with Crippen LogP contribution in [0.15, 0.2) is 30.3 Å². The highest BCUT2D eigenvalue weighted by atomic mass is 16.5. The van der Waals surface area contributed by atoms with E-state index in [1.165, 1.54) is 12.5 Å². The Kier molecular flexibility index (Phi) is 6.66. The van der Waals surface area contributed by atoms with Gasteiger partial charge in [0.15, 0.2) is 0 Å². The van der Waals surface area contributed by atoms with Crippen molar-refractivity contribution in [3.05, 3.63) is 35.9 Å². The predicted molar refractivity (Wildman–Crippen MR) is 89.5 cm³/mol. The summed E-state index contributed by atoms with van der Waals surface area (Å²) >= 11 is 0. The molecule has 124 valence electrons. The molecule has 0 unspecified atom stereocenters. The first kappa shape index (κ1) is 17.1. The molecule has 1 saturated carbocycles. The maximum atomic E-state index is 11.9. The van der Waals surface area contributed by atoms with Crippen molar-refractivity contribution in [2.24, 2.45) is 5.92 Å². The van der Waals surface area contributed by atoms with Gasteiger partial charge in [-0.2, -0.15) is 0 Å². The third kappa shape index (κ3) is 5.77. The van der Waals surface area contributed by atoms with Crippen LogP contribution >= 0.6 is 0 Å². The molecule has 2 rings (SSSR count). The summed E-state index contributed by atoms with van der Waals surface area (Å²) in [6, 6.07) is 7.45. The van der Waals surface area contributed by atoms with Gasteiger partial charge in [-0.05, 0) is 43.5 Å². The average Bonchev–Trinajstić information content (AvgIpc) is 2.60. The molecular weight excluding hydrogens is 292 g/mol. The monoisotopic (exact) mass is 316 g/mol. The van der Waals surface area contributed by atoms with Crippen LogP contribution < -0.4 is 15.6 Å². The van der Waals surface area contributed by atoms with E-state index in [1.807, 2.05) is 31.2 Å². The number of rotatable bonds is 5. The van der Waals surface area contributed by atoms with Gasteiger partial charge in [-0.25, -0.2) is 0 Å². The lowest BCUT2D eigenvalue weighted by Gasteiger charge is -2.20. The zero-order valence-electron chi connectivity index (χ0n) is 13.5. The number of hydrazine groups is 1. The molecule has 0 radical (unpaired) electrons. The van der Waals surface area contributed by atoms with Crippen molar-refractivity contribution in [1.29, 1.82) is 0 Å². The first-order chi connectivity index (χ1) is 11.2. The molecule has 0 heterocycles. The van der Waals surface area contributed by atoms with Crippen LogP contribution in [0.4, 0.5) is 0 Å². The molecule has 5 nitrogen and oxygen atoms in total. The van der Waals surface area contributed by atoms with Gasteiger partial charge in [-0.1, -0.05) is 31.4 Å². The Balaban J connectivity index is 1.76. The molecule has 2 amide bonds. The van der Waals surface area contributed by atoms with Crippen molar-refractivity contribution in [2.45, 2.75) is 39.0 Å². The van der Waals surface area contributed by atoms with E-state index in [2.05, 4.69) is 10.9 Å². The first-order valence-electron chi connectivity index (χ1n) is 8.20. The number of carbonyl (C=O) groups excluding carboxylic acids is 2. The third-order valence-electron chi connectivity index (χ3n) is 3.90. The summed E-state index contributed by atoms with van der Waals surface area (Å²) in [7, 11) is 0. The highest BCUT2D eigenvalue weighted by Crippen LogP contribution is 2.23. The molecule has 0 bridgehead atoms. The average molecular weight is 316 g/mol. The van der Waals surface area contributed by atoms with E-state index in [0.29, 0.717) is 6.61 Å². The highest BCUT2D eigenvalue weighted by molar-refractivity contribution is 5.93. The SMILES string of the molecule is CCOc1ccc(/C=C/C(=O)NNC(=O)C2CCCCC2)cc1.